The van der Waals surface area contributed by atoms with E-state index >= 15 is 0 Å². The van der Waals surface area contributed by atoms with E-state index < -0.39 is 10.0 Å². The van der Waals surface area contributed by atoms with Crippen LogP contribution in [0.15, 0.2) is 18.2 Å². The van der Waals surface area contributed by atoms with Gasteiger partial charge in [0.2, 0.25) is 10.0 Å². The third-order valence-electron chi connectivity index (χ3n) is 12.2. The Morgan fingerprint density at radius 1 is 0.515 bits per heavy atom. The number of nitrogens with zero attached hydrogens (tertiary/aromatic N) is 2. The van der Waals surface area contributed by atoms with E-state index in [0.29, 0.717) is 32.7 Å². The van der Waals surface area contributed by atoms with E-state index in [1.165, 1.54) is 142 Å². The van der Waals surface area contributed by atoms with Crippen molar-refractivity contribution in [2.45, 2.75) is 217 Å². The van der Waals surface area contributed by atoms with Crippen molar-refractivity contribution in [2.24, 2.45) is 0 Å². The Hall–Kier alpha value is -2.45. The highest BCUT2D eigenvalue weighted by atomic mass is 32.2. The first-order valence-electron chi connectivity index (χ1n) is 26.5. The second-order valence-corrected chi connectivity index (χ2v) is 24.8. The molecular formula is C55H97N3O6S4. The molecule has 0 aliphatic rings. The molecule has 0 unspecified atom stereocenters. The Morgan fingerprint density at radius 2 is 0.926 bits per heavy atom. The lowest BCUT2D eigenvalue weighted by Crippen LogP contribution is -2.32. The van der Waals surface area contributed by atoms with E-state index in [4.69, 9.17) is 9.47 Å². The number of hydrogen-bond acceptors (Lipinski definition) is 9. The monoisotopic (exact) mass is 1020 g/mol. The summed E-state index contributed by atoms with van der Waals surface area (Å²) in [6.45, 7) is 25.2. The fourth-order valence-electron chi connectivity index (χ4n) is 7.93. The molecule has 0 saturated carbocycles. The lowest BCUT2D eigenvalue weighted by Gasteiger charge is -2.20. The number of ether oxygens (including phenoxy) is 2. The third kappa shape index (κ3) is 31.0. The number of aryl methyl sites for hydroxylation is 7. The van der Waals surface area contributed by atoms with Gasteiger partial charge in [0.05, 0.1) is 19.0 Å². The number of carbonyl (C=O) groups is 2. The summed E-state index contributed by atoms with van der Waals surface area (Å²) in [5, 5.41) is 0. The minimum absolute atomic E-state index is 0.159. The van der Waals surface area contributed by atoms with Crippen molar-refractivity contribution >= 4 is 56.2 Å². The van der Waals surface area contributed by atoms with Gasteiger partial charge in [0.15, 0.2) is 0 Å². The molecular weight excluding hydrogens is 927 g/mol. The van der Waals surface area contributed by atoms with Gasteiger partial charge in [-0.3, -0.25) is 0 Å². The molecule has 2 amide bonds. The molecule has 9 nitrogen and oxygen atoms in total. The molecule has 3 aromatic heterocycles. The SMILES string of the molecule is CCCCCCCCCN(CC)C(=O)OCCc1cc(C)sc1C.CCCCCCCCCOC(=O)N(C)CCc1cc(C)sc1C.CCCCCCCCNS(=O)(=O)CCc1cc(C)sc1C. The minimum atomic E-state index is -3.13. The van der Waals surface area contributed by atoms with Gasteiger partial charge in [0, 0.05) is 68.9 Å². The topological polar surface area (TPSA) is 105 Å². The lowest BCUT2D eigenvalue weighted by atomic mass is 10.1. The average molecular weight is 1020 g/mol. The van der Waals surface area contributed by atoms with E-state index in [9.17, 15) is 18.0 Å². The number of thiophene rings is 3. The first-order chi connectivity index (χ1) is 32.6. The fraction of sp³-hybridized carbons (Fsp3) is 0.745. The Balaban J connectivity index is 0.000000511. The number of likely N-dealkylation sites (N-methyl/N-ethyl adjacent to an activating group) is 1. The largest absolute Gasteiger partial charge is 0.449 e. The molecule has 0 aromatic carbocycles. The Morgan fingerprint density at radius 3 is 1.38 bits per heavy atom. The number of rotatable bonds is 34. The minimum Gasteiger partial charge on any atom is -0.449 e. The Bertz CT molecular complexity index is 1850. The zero-order chi connectivity index (χ0) is 50.6. The van der Waals surface area contributed by atoms with Crippen LogP contribution in [0.1, 0.15) is 202 Å². The highest BCUT2D eigenvalue weighted by Gasteiger charge is 2.15. The number of amides is 2. The van der Waals surface area contributed by atoms with Crippen LogP contribution in [0, 0.1) is 41.5 Å². The van der Waals surface area contributed by atoms with Crippen LogP contribution in [0.5, 0.6) is 0 Å². The van der Waals surface area contributed by atoms with Gasteiger partial charge < -0.3 is 19.3 Å². The molecule has 3 rings (SSSR count). The summed E-state index contributed by atoms with van der Waals surface area (Å²) < 4.78 is 37.4. The summed E-state index contributed by atoms with van der Waals surface area (Å²) in [5.74, 6) is 0.194. The average Bonchev–Trinajstić information content (AvgIpc) is 3.94. The first-order valence-corrected chi connectivity index (χ1v) is 30.6. The highest BCUT2D eigenvalue weighted by Crippen LogP contribution is 2.23. The van der Waals surface area contributed by atoms with Crippen LogP contribution in [0.25, 0.3) is 0 Å². The highest BCUT2D eigenvalue weighted by molar-refractivity contribution is 7.89. The molecule has 1 N–H and O–H groups in total. The smallest absolute Gasteiger partial charge is 0.409 e. The molecule has 0 aliphatic carbocycles. The van der Waals surface area contributed by atoms with Crippen molar-refractivity contribution in [1.82, 2.24) is 14.5 Å². The summed E-state index contributed by atoms with van der Waals surface area (Å²) in [7, 11) is -1.31. The normalized spacial score (nSPS) is 11.2. The van der Waals surface area contributed by atoms with Gasteiger partial charge in [-0.1, -0.05) is 130 Å². The standard InChI is InChI=1S/C20H35NO2S.C19H33NO2S.C16H29NO2S2/c1-5-7-8-9-10-11-12-14-21(6-2)20(22)23-15-13-19-16-17(3)24-18(19)4;1-5-6-7-8-9-10-11-14-22-19(21)20(4)13-12-18-15-16(2)23-17(18)3;1-4-5-6-7-8-9-11-17-21(18,19)12-10-16-13-14(2)20-15(16)3/h16H,5-15H2,1-4H3;15H,5-14H2,1-4H3;13,17H,4-12H2,1-3H3. The molecule has 3 heterocycles. The Labute approximate surface area is 429 Å². The predicted molar refractivity (Wildman–Crippen MR) is 296 cm³/mol. The maximum Gasteiger partial charge on any atom is 0.409 e. The number of unbranched alkanes of at least 4 members (excludes halogenated alkanes) is 17. The van der Waals surface area contributed by atoms with E-state index in [1.807, 2.05) is 41.5 Å². The van der Waals surface area contributed by atoms with Crippen LogP contribution in [0.4, 0.5) is 9.59 Å². The molecule has 0 fully saturated rings. The van der Waals surface area contributed by atoms with Gasteiger partial charge in [0.1, 0.15) is 0 Å². The van der Waals surface area contributed by atoms with Crippen molar-refractivity contribution in [1.29, 1.82) is 0 Å². The fourth-order valence-corrected chi connectivity index (χ4v) is 11.9. The number of sulfonamides is 1. The molecule has 392 valence electrons. The van der Waals surface area contributed by atoms with E-state index in [-0.39, 0.29) is 17.9 Å². The quantitative estimate of drug-likeness (QED) is 0.0598. The zero-order valence-corrected chi connectivity index (χ0v) is 48.2. The van der Waals surface area contributed by atoms with Crippen LogP contribution >= 0.6 is 34.0 Å². The lowest BCUT2D eigenvalue weighted by molar-refractivity contribution is 0.104. The second kappa shape index (κ2) is 39.2. The maximum absolute atomic E-state index is 12.2. The predicted octanol–water partition coefficient (Wildman–Crippen LogP) is 16.0. The van der Waals surface area contributed by atoms with Gasteiger partial charge in [-0.05, 0) is 115 Å². The van der Waals surface area contributed by atoms with Crippen LogP contribution in [-0.4, -0.2) is 82.6 Å². The van der Waals surface area contributed by atoms with Gasteiger partial charge in [-0.25, -0.2) is 22.7 Å². The van der Waals surface area contributed by atoms with Crippen molar-refractivity contribution < 1.29 is 27.5 Å². The van der Waals surface area contributed by atoms with Gasteiger partial charge in [0.25, 0.3) is 0 Å². The van der Waals surface area contributed by atoms with Crippen LogP contribution < -0.4 is 4.72 Å². The summed E-state index contributed by atoms with van der Waals surface area (Å²) in [6, 6.07) is 6.52. The maximum atomic E-state index is 12.2. The van der Waals surface area contributed by atoms with Crippen molar-refractivity contribution in [3.8, 4) is 0 Å². The van der Waals surface area contributed by atoms with Gasteiger partial charge in [-0.2, -0.15) is 0 Å². The Kier molecular flexibility index (Phi) is 36.6. The molecule has 3 aromatic rings. The molecule has 0 spiro atoms. The first kappa shape index (κ1) is 63.6. The summed E-state index contributed by atoms with van der Waals surface area (Å²) in [5.41, 5.74) is 3.82. The van der Waals surface area contributed by atoms with Crippen LogP contribution in [0.3, 0.4) is 0 Å². The molecule has 68 heavy (non-hydrogen) atoms. The van der Waals surface area contributed by atoms with Gasteiger partial charge >= 0.3 is 12.2 Å². The second-order valence-electron chi connectivity index (χ2n) is 18.5. The summed E-state index contributed by atoms with van der Waals surface area (Å²) in [6.07, 6.45) is 26.6. The number of nitrogens with one attached hydrogen (secondary N) is 1. The molecule has 0 radical (unpaired) electrons. The van der Waals surface area contributed by atoms with E-state index in [1.54, 1.807) is 16.2 Å². The molecule has 0 atom stereocenters. The van der Waals surface area contributed by atoms with Crippen molar-refractivity contribution in [2.75, 3.05) is 52.2 Å². The summed E-state index contributed by atoms with van der Waals surface area (Å²) >= 11 is 5.36. The zero-order valence-electron chi connectivity index (χ0n) is 44.9. The van der Waals surface area contributed by atoms with Crippen LogP contribution in [-0.2, 0) is 38.8 Å². The number of carbonyl (C=O) groups excluding carboxylic acids is 2. The molecule has 0 saturated heterocycles. The van der Waals surface area contributed by atoms with E-state index in [2.05, 4.69) is 85.2 Å². The van der Waals surface area contributed by atoms with Crippen LogP contribution in [0.2, 0.25) is 0 Å². The van der Waals surface area contributed by atoms with E-state index in [0.717, 1.165) is 58.0 Å². The van der Waals surface area contributed by atoms with Crippen molar-refractivity contribution in [3.63, 3.8) is 0 Å². The van der Waals surface area contributed by atoms with Crippen molar-refractivity contribution in [3.05, 3.63) is 64.2 Å². The molecule has 0 bridgehead atoms. The molecule has 13 heteroatoms. The third-order valence-corrected chi connectivity index (χ3v) is 16.6. The molecule has 0 aliphatic heterocycles. The number of hydrogen-bond donors (Lipinski definition) is 1. The summed E-state index contributed by atoms with van der Waals surface area (Å²) in [4.78, 5) is 35.4. The van der Waals surface area contributed by atoms with Gasteiger partial charge in [-0.15, -0.1) is 34.0 Å².